The average Bonchev–Trinajstić information content (AvgIpc) is 3.27. The zero-order valence-corrected chi connectivity index (χ0v) is 16.0. The molecular weight excluding hydrogens is 390 g/mol. The summed E-state index contributed by atoms with van der Waals surface area (Å²) in [5.74, 6) is 0.864. The zero-order valence-electron chi connectivity index (χ0n) is 16.0. The second kappa shape index (κ2) is 6.32. The minimum atomic E-state index is -0.681. The third-order valence-electron chi connectivity index (χ3n) is 6.08. The molecule has 0 amide bonds. The van der Waals surface area contributed by atoms with Gasteiger partial charge in [-0.25, -0.2) is 8.78 Å². The lowest BCUT2D eigenvalue weighted by atomic mass is 9.77. The number of hydrogen-bond donors (Lipinski definition) is 0. The van der Waals surface area contributed by atoms with E-state index in [1.165, 1.54) is 0 Å². The van der Waals surface area contributed by atoms with Gasteiger partial charge in [-0.15, -0.1) is 0 Å². The molecular formula is C23H18F2N2O3. The Kier molecular flexibility index (Phi) is 3.69. The summed E-state index contributed by atoms with van der Waals surface area (Å²) in [5.41, 5.74) is 2.95. The van der Waals surface area contributed by atoms with Crippen molar-refractivity contribution in [3.8, 4) is 17.2 Å². The van der Waals surface area contributed by atoms with Crippen LogP contribution in [0.2, 0.25) is 0 Å². The minimum Gasteiger partial charge on any atom is -0.492 e. The molecule has 3 aromatic rings. The van der Waals surface area contributed by atoms with Crippen molar-refractivity contribution < 1.29 is 23.0 Å². The Morgan fingerprint density at radius 2 is 1.73 bits per heavy atom. The van der Waals surface area contributed by atoms with E-state index in [-0.39, 0.29) is 12.2 Å². The van der Waals surface area contributed by atoms with Gasteiger partial charge in [-0.3, -0.25) is 4.98 Å². The maximum atomic E-state index is 14.3. The van der Waals surface area contributed by atoms with Gasteiger partial charge in [0.1, 0.15) is 37.2 Å². The third kappa shape index (κ3) is 2.47. The summed E-state index contributed by atoms with van der Waals surface area (Å²) in [5, 5.41) is 0. The van der Waals surface area contributed by atoms with Crippen molar-refractivity contribution in [3.05, 3.63) is 77.1 Å². The summed E-state index contributed by atoms with van der Waals surface area (Å²) in [6, 6.07) is 12.8. The van der Waals surface area contributed by atoms with Crippen LogP contribution in [0.4, 0.5) is 14.5 Å². The zero-order chi connectivity index (χ0) is 20.3. The minimum absolute atomic E-state index is 0.213. The Labute approximate surface area is 171 Å². The molecule has 3 aliphatic rings. The van der Waals surface area contributed by atoms with E-state index in [4.69, 9.17) is 14.2 Å². The molecule has 1 spiro atoms. The number of aromatic nitrogens is 1. The molecule has 1 aromatic heterocycles. The van der Waals surface area contributed by atoms with Crippen LogP contribution in [0.25, 0.3) is 0 Å². The van der Waals surface area contributed by atoms with Gasteiger partial charge in [0.2, 0.25) is 0 Å². The van der Waals surface area contributed by atoms with E-state index >= 15 is 0 Å². The smallest absolute Gasteiger partial charge is 0.165 e. The maximum Gasteiger partial charge on any atom is 0.165 e. The Morgan fingerprint density at radius 3 is 2.57 bits per heavy atom. The van der Waals surface area contributed by atoms with Crippen LogP contribution < -0.4 is 19.1 Å². The molecule has 3 aliphatic heterocycles. The van der Waals surface area contributed by atoms with Gasteiger partial charge in [-0.1, -0.05) is 18.2 Å². The number of fused-ring (bicyclic) bond motifs is 5. The van der Waals surface area contributed by atoms with E-state index in [0.717, 1.165) is 34.8 Å². The molecule has 1 atom stereocenters. The predicted octanol–water partition coefficient (Wildman–Crippen LogP) is 3.83. The maximum absolute atomic E-state index is 14.3. The molecule has 5 nitrogen and oxygen atoms in total. The molecule has 0 fully saturated rings. The van der Waals surface area contributed by atoms with Gasteiger partial charge in [0.25, 0.3) is 0 Å². The number of hydrogen-bond acceptors (Lipinski definition) is 5. The summed E-state index contributed by atoms with van der Waals surface area (Å²) in [6.45, 7) is 2.34. The molecule has 30 heavy (non-hydrogen) atoms. The van der Waals surface area contributed by atoms with Crippen molar-refractivity contribution in [3.63, 3.8) is 0 Å². The lowest BCUT2D eigenvalue weighted by Crippen LogP contribution is -2.36. The molecule has 1 unspecified atom stereocenters. The van der Waals surface area contributed by atoms with Crippen molar-refractivity contribution in [1.29, 1.82) is 0 Å². The highest BCUT2D eigenvalue weighted by molar-refractivity contribution is 5.70. The SMILES string of the molecule is Fc1cnc(CN2CC3(COc4cc5c(cc43)OCCO5)c3ccccc32)c(F)c1. The number of benzene rings is 2. The summed E-state index contributed by atoms with van der Waals surface area (Å²) in [4.78, 5) is 6.05. The van der Waals surface area contributed by atoms with Gasteiger partial charge < -0.3 is 19.1 Å². The summed E-state index contributed by atoms with van der Waals surface area (Å²) in [6.07, 6.45) is 1.05. The van der Waals surface area contributed by atoms with E-state index < -0.39 is 17.0 Å². The molecule has 0 aliphatic carbocycles. The lowest BCUT2D eigenvalue weighted by molar-refractivity contribution is 0.171. The highest BCUT2D eigenvalue weighted by Gasteiger charge is 2.50. The van der Waals surface area contributed by atoms with Crippen molar-refractivity contribution in [1.82, 2.24) is 4.98 Å². The second-order valence-electron chi connectivity index (χ2n) is 7.82. The fourth-order valence-corrected chi connectivity index (χ4v) is 4.73. The normalized spacial score (nSPS) is 20.8. The number of pyridine rings is 1. The summed E-state index contributed by atoms with van der Waals surface area (Å²) >= 11 is 0. The standard InChI is InChI=1S/C23H18F2N2O3/c24-14-7-17(25)18(26-10-14)11-27-12-23(15-3-1-2-4-19(15)27)13-30-20-9-22-21(8-16(20)23)28-5-6-29-22/h1-4,7-10H,5-6,11-13H2. The molecule has 0 saturated heterocycles. The number of para-hydroxylation sites is 1. The van der Waals surface area contributed by atoms with E-state index in [1.54, 1.807) is 0 Å². The van der Waals surface area contributed by atoms with Crippen LogP contribution in [0, 0.1) is 11.6 Å². The first-order valence-corrected chi connectivity index (χ1v) is 9.85. The molecule has 0 N–H and O–H groups in total. The number of halogens is 2. The Bertz CT molecular complexity index is 1170. The van der Waals surface area contributed by atoms with Gasteiger partial charge in [-0.2, -0.15) is 0 Å². The fraction of sp³-hybridized carbons (Fsp3) is 0.261. The van der Waals surface area contributed by atoms with Crippen LogP contribution in [0.1, 0.15) is 16.8 Å². The van der Waals surface area contributed by atoms with Crippen molar-refractivity contribution in [2.45, 2.75) is 12.0 Å². The highest BCUT2D eigenvalue weighted by atomic mass is 19.1. The largest absolute Gasteiger partial charge is 0.492 e. The van der Waals surface area contributed by atoms with Crippen LogP contribution in [-0.2, 0) is 12.0 Å². The first-order valence-electron chi connectivity index (χ1n) is 9.85. The number of rotatable bonds is 2. The van der Waals surface area contributed by atoms with E-state index in [9.17, 15) is 8.78 Å². The van der Waals surface area contributed by atoms with E-state index in [2.05, 4.69) is 16.0 Å². The topological polar surface area (TPSA) is 43.8 Å². The number of ether oxygens (including phenoxy) is 3. The molecule has 152 valence electrons. The average molecular weight is 408 g/mol. The number of anilines is 1. The van der Waals surface area contributed by atoms with Gasteiger partial charge in [-0.05, 0) is 17.7 Å². The Hall–Kier alpha value is -3.35. The molecule has 6 rings (SSSR count). The van der Waals surface area contributed by atoms with Crippen LogP contribution in [0.15, 0.2) is 48.7 Å². The molecule has 0 radical (unpaired) electrons. The van der Waals surface area contributed by atoms with Gasteiger partial charge >= 0.3 is 0 Å². The van der Waals surface area contributed by atoms with Crippen molar-refractivity contribution in [2.24, 2.45) is 0 Å². The monoisotopic (exact) mass is 408 g/mol. The molecule has 0 bridgehead atoms. The quantitative estimate of drug-likeness (QED) is 0.645. The first-order chi connectivity index (χ1) is 14.6. The fourth-order valence-electron chi connectivity index (χ4n) is 4.73. The molecule has 0 saturated carbocycles. The van der Waals surface area contributed by atoms with Crippen molar-refractivity contribution >= 4 is 5.69 Å². The molecule has 7 heteroatoms. The van der Waals surface area contributed by atoms with E-state index in [1.807, 2.05) is 30.3 Å². The van der Waals surface area contributed by atoms with Gasteiger partial charge in [0, 0.05) is 29.9 Å². The van der Waals surface area contributed by atoms with Gasteiger partial charge in [0.15, 0.2) is 11.5 Å². The second-order valence-corrected chi connectivity index (χ2v) is 7.82. The van der Waals surface area contributed by atoms with Crippen molar-refractivity contribution in [2.75, 3.05) is 31.3 Å². The first kappa shape index (κ1) is 17.5. The predicted molar refractivity (Wildman–Crippen MR) is 105 cm³/mol. The third-order valence-corrected chi connectivity index (χ3v) is 6.08. The lowest BCUT2D eigenvalue weighted by Gasteiger charge is -2.26. The van der Waals surface area contributed by atoms with Crippen LogP contribution in [0.3, 0.4) is 0 Å². The summed E-state index contributed by atoms with van der Waals surface area (Å²) < 4.78 is 45.2. The summed E-state index contributed by atoms with van der Waals surface area (Å²) in [7, 11) is 0. The molecule has 2 aromatic carbocycles. The number of nitrogens with zero attached hydrogens (tertiary/aromatic N) is 2. The Balaban J connectivity index is 1.43. The molecule has 4 heterocycles. The van der Waals surface area contributed by atoms with Crippen LogP contribution in [0.5, 0.6) is 17.2 Å². The van der Waals surface area contributed by atoms with Gasteiger partial charge in [0.05, 0.1) is 23.9 Å². The van der Waals surface area contributed by atoms with E-state index in [0.29, 0.717) is 37.9 Å². The highest BCUT2D eigenvalue weighted by Crippen LogP contribution is 2.54. The van der Waals surface area contributed by atoms with Crippen LogP contribution >= 0.6 is 0 Å². The Morgan fingerprint density at radius 1 is 0.933 bits per heavy atom. The van der Waals surface area contributed by atoms with Crippen LogP contribution in [-0.4, -0.2) is 31.3 Å².